The number of aromatic nitrogens is 2. The van der Waals surface area contributed by atoms with Crippen molar-refractivity contribution in [3.05, 3.63) is 42.7 Å². The Hall–Kier alpha value is -2.41. The van der Waals surface area contributed by atoms with Crippen LogP contribution in [0.4, 0.5) is 0 Å². The van der Waals surface area contributed by atoms with Gasteiger partial charge in [0.1, 0.15) is 11.9 Å². The number of nitrogens with zero attached hydrogens (tertiary/aromatic N) is 3. The molecule has 2 aliphatic rings. The molecule has 0 radical (unpaired) electrons. The Morgan fingerprint density at radius 3 is 3.04 bits per heavy atom. The highest BCUT2D eigenvalue weighted by Crippen LogP contribution is 2.38. The van der Waals surface area contributed by atoms with Crippen molar-refractivity contribution in [3.63, 3.8) is 0 Å². The van der Waals surface area contributed by atoms with E-state index in [0.717, 1.165) is 25.9 Å². The van der Waals surface area contributed by atoms with Crippen LogP contribution in [0.1, 0.15) is 29.8 Å². The summed E-state index contributed by atoms with van der Waals surface area (Å²) >= 11 is 0. The predicted octanol–water partition coefficient (Wildman–Crippen LogP) is 2.16. The second kappa shape index (κ2) is 6.84. The Labute approximate surface area is 146 Å². The first-order valence-corrected chi connectivity index (χ1v) is 8.59. The predicted molar refractivity (Wildman–Crippen MR) is 88.2 cm³/mol. The minimum Gasteiger partial charge on any atom is -0.478 e. The summed E-state index contributed by atoms with van der Waals surface area (Å²) in [6, 6.07) is 5.66. The molecule has 2 aliphatic heterocycles. The Morgan fingerprint density at radius 1 is 1.36 bits per heavy atom. The molecule has 0 unspecified atom stereocenters. The molecule has 0 N–H and O–H groups in total. The summed E-state index contributed by atoms with van der Waals surface area (Å²) in [4.78, 5) is 22.1. The highest BCUT2D eigenvalue weighted by Gasteiger charge is 2.49. The van der Waals surface area contributed by atoms with E-state index in [1.165, 1.54) is 12.7 Å². The summed E-state index contributed by atoms with van der Waals surface area (Å²) in [5, 5.41) is 0. The molecule has 0 saturated carbocycles. The normalized spacial score (nSPS) is 21.8. The average Bonchev–Trinajstić information content (AvgIpc) is 3.15. The van der Waals surface area contributed by atoms with Gasteiger partial charge in [-0.25, -0.2) is 9.97 Å². The second-order valence-corrected chi connectivity index (χ2v) is 6.73. The van der Waals surface area contributed by atoms with Gasteiger partial charge in [0, 0.05) is 18.9 Å². The quantitative estimate of drug-likeness (QED) is 0.828. The van der Waals surface area contributed by atoms with Crippen LogP contribution in [0.25, 0.3) is 0 Å². The van der Waals surface area contributed by atoms with E-state index in [1.54, 1.807) is 11.1 Å². The smallest absolute Gasteiger partial charge is 0.276 e. The number of rotatable bonds is 5. The van der Waals surface area contributed by atoms with Crippen LogP contribution in [0.5, 0.6) is 5.88 Å². The number of pyridine rings is 1. The summed E-state index contributed by atoms with van der Waals surface area (Å²) in [7, 11) is 0. The van der Waals surface area contributed by atoms with Gasteiger partial charge in [-0.3, -0.25) is 4.79 Å². The lowest BCUT2D eigenvalue weighted by Crippen LogP contribution is -2.66. The number of amides is 1. The van der Waals surface area contributed by atoms with Gasteiger partial charge in [0.2, 0.25) is 5.88 Å². The van der Waals surface area contributed by atoms with Crippen LogP contribution in [-0.4, -0.2) is 52.7 Å². The van der Waals surface area contributed by atoms with E-state index in [1.807, 2.05) is 18.2 Å². The molecule has 7 nitrogen and oxygen atoms in total. The molecule has 0 aliphatic carbocycles. The minimum atomic E-state index is -0.201. The SMILES string of the molecule is O=C(c1cocn1)N1CC2(C[C@@H](CCOc3ccccn3)CCO2)C1. The second-order valence-electron chi connectivity index (χ2n) is 6.73. The van der Waals surface area contributed by atoms with Gasteiger partial charge < -0.3 is 18.8 Å². The van der Waals surface area contributed by atoms with Gasteiger partial charge in [-0.2, -0.15) is 0 Å². The zero-order chi connectivity index (χ0) is 17.1. The number of ether oxygens (including phenoxy) is 2. The van der Waals surface area contributed by atoms with Crippen molar-refractivity contribution in [1.29, 1.82) is 0 Å². The van der Waals surface area contributed by atoms with Crippen molar-refractivity contribution in [3.8, 4) is 5.88 Å². The molecule has 1 amide bonds. The fraction of sp³-hybridized carbons (Fsp3) is 0.500. The monoisotopic (exact) mass is 343 g/mol. The van der Waals surface area contributed by atoms with Gasteiger partial charge in [0.15, 0.2) is 12.1 Å². The maximum absolute atomic E-state index is 12.2. The molecule has 2 fully saturated rings. The third-order valence-corrected chi connectivity index (χ3v) is 4.91. The summed E-state index contributed by atoms with van der Waals surface area (Å²) in [6.45, 7) is 2.63. The molecular formula is C18H21N3O4. The van der Waals surface area contributed by atoms with Crippen molar-refractivity contribution < 1.29 is 18.7 Å². The maximum Gasteiger partial charge on any atom is 0.276 e. The first-order valence-electron chi connectivity index (χ1n) is 8.59. The third kappa shape index (κ3) is 3.51. The van der Waals surface area contributed by atoms with Gasteiger partial charge in [-0.15, -0.1) is 0 Å². The van der Waals surface area contributed by atoms with Crippen molar-refractivity contribution in [1.82, 2.24) is 14.9 Å². The number of hydrogen-bond acceptors (Lipinski definition) is 6. The highest BCUT2D eigenvalue weighted by atomic mass is 16.5. The number of carbonyl (C=O) groups excluding carboxylic acids is 1. The van der Waals surface area contributed by atoms with Crippen LogP contribution in [0.3, 0.4) is 0 Å². The van der Waals surface area contributed by atoms with E-state index >= 15 is 0 Å². The Kier molecular flexibility index (Phi) is 4.40. The Balaban J connectivity index is 1.25. The van der Waals surface area contributed by atoms with Crippen molar-refractivity contribution in [2.24, 2.45) is 5.92 Å². The number of oxazole rings is 1. The van der Waals surface area contributed by atoms with E-state index in [4.69, 9.17) is 13.9 Å². The standard InChI is InChI=1S/C18H21N3O4/c22-17(15-10-23-13-20-15)21-11-18(12-21)9-14(5-8-25-18)4-7-24-16-3-1-2-6-19-16/h1-3,6,10,13-14H,4-5,7-9,11-12H2/t14-/m0/s1. The van der Waals surface area contributed by atoms with E-state index < -0.39 is 0 Å². The Bertz CT molecular complexity index is 698. The fourth-order valence-electron chi connectivity index (χ4n) is 3.63. The molecule has 2 aromatic heterocycles. The lowest BCUT2D eigenvalue weighted by atomic mass is 9.79. The molecule has 1 spiro atoms. The molecule has 0 bridgehead atoms. The van der Waals surface area contributed by atoms with Crippen LogP contribution < -0.4 is 4.74 Å². The van der Waals surface area contributed by atoms with Crippen LogP contribution in [0, 0.1) is 5.92 Å². The lowest BCUT2D eigenvalue weighted by molar-refractivity contribution is -0.166. The van der Waals surface area contributed by atoms with Crippen LogP contribution in [0.2, 0.25) is 0 Å². The van der Waals surface area contributed by atoms with E-state index in [-0.39, 0.29) is 11.5 Å². The van der Waals surface area contributed by atoms with E-state index in [0.29, 0.717) is 37.2 Å². The molecule has 2 aromatic rings. The van der Waals surface area contributed by atoms with Crippen LogP contribution in [0.15, 0.2) is 41.5 Å². The topological polar surface area (TPSA) is 77.7 Å². The van der Waals surface area contributed by atoms with Gasteiger partial charge in [0.05, 0.1) is 19.7 Å². The maximum atomic E-state index is 12.2. The molecule has 25 heavy (non-hydrogen) atoms. The van der Waals surface area contributed by atoms with E-state index in [9.17, 15) is 4.79 Å². The highest BCUT2D eigenvalue weighted by molar-refractivity contribution is 5.92. The molecule has 2 saturated heterocycles. The molecular weight excluding hydrogens is 322 g/mol. The van der Waals surface area contributed by atoms with Crippen molar-refractivity contribution in [2.45, 2.75) is 24.9 Å². The molecule has 1 atom stereocenters. The number of carbonyl (C=O) groups is 1. The number of hydrogen-bond donors (Lipinski definition) is 0. The first-order chi connectivity index (χ1) is 12.2. The molecule has 4 rings (SSSR count). The van der Waals surface area contributed by atoms with Gasteiger partial charge in [-0.05, 0) is 31.2 Å². The first kappa shape index (κ1) is 16.1. The summed E-state index contributed by atoms with van der Waals surface area (Å²) < 4.78 is 16.6. The molecule has 4 heterocycles. The Morgan fingerprint density at radius 2 is 2.28 bits per heavy atom. The van der Waals surface area contributed by atoms with E-state index in [2.05, 4.69) is 9.97 Å². The summed E-state index contributed by atoms with van der Waals surface area (Å²) in [6.07, 6.45) is 7.35. The average molecular weight is 343 g/mol. The van der Waals surface area contributed by atoms with Gasteiger partial charge in [-0.1, -0.05) is 6.07 Å². The van der Waals surface area contributed by atoms with Crippen LogP contribution >= 0.6 is 0 Å². The van der Waals surface area contributed by atoms with Crippen LogP contribution in [-0.2, 0) is 4.74 Å². The lowest BCUT2D eigenvalue weighted by Gasteiger charge is -2.53. The molecule has 7 heteroatoms. The zero-order valence-corrected chi connectivity index (χ0v) is 14.0. The third-order valence-electron chi connectivity index (χ3n) is 4.91. The number of likely N-dealkylation sites (tertiary alicyclic amines) is 1. The minimum absolute atomic E-state index is 0.0939. The molecule has 132 valence electrons. The van der Waals surface area contributed by atoms with Gasteiger partial charge in [0.25, 0.3) is 5.91 Å². The zero-order valence-electron chi connectivity index (χ0n) is 14.0. The molecule has 0 aromatic carbocycles. The summed E-state index contributed by atoms with van der Waals surface area (Å²) in [5.74, 6) is 1.11. The summed E-state index contributed by atoms with van der Waals surface area (Å²) in [5.41, 5.74) is 0.152. The fourth-order valence-corrected chi connectivity index (χ4v) is 3.63. The van der Waals surface area contributed by atoms with Crippen molar-refractivity contribution >= 4 is 5.91 Å². The van der Waals surface area contributed by atoms with Gasteiger partial charge >= 0.3 is 0 Å². The largest absolute Gasteiger partial charge is 0.478 e. The van der Waals surface area contributed by atoms with Crippen molar-refractivity contribution in [2.75, 3.05) is 26.3 Å².